The van der Waals surface area contributed by atoms with Crippen molar-refractivity contribution in [1.29, 1.82) is 0 Å². The van der Waals surface area contributed by atoms with Crippen molar-refractivity contribution in [2.75, 3.05) is 6.54 Å². The number of hydrogen-bond donors (Lipinski definition) is 1. The van der Waals surface area contributed by atoms with Gasteiger partial charge in [0.2, 0.25) is 5.91 Å². The lowest BCUT2D eigenvalue weighted by molar-refractivity contribution is -0.116. The molecular formula is C13H14N2O2S. The van der Waals surface area contributed by atoms with Crippen molar-refractivity contribution >= 4 is 23.3 Å². The monoisotopic (exact) mass is 262 g/mol. The molecule has 0 aromatic carbocycles. The minimum atomic E-state index is -0.0976. The minimum absolute atomic E-state index is 0.0976. The van der Waals surface area contributed by atoms with Crippen LogP contribution in [0.2, 0.25) is 0 Å². The summed E-state index contributed by atoms with van der Waals surface area (Å²) in [5.41, 5.74) is 0.855. The van der Waals surface area contributed by atoms with E-state index in [4.69, 9.17) is 4.52 Å². The van der Waals surface area contributed by atoms with E-state index in [2.05, 4.69) is 10.5 Å². The Balaban J connectivity index is 1.72. The molecule has 0 bridgehead atoms. The van der Waals surface area contributed by atoms with E-state index in [1.165, 1.54) is 6.08 Å². The summed E-state index contributed by atoms with van der Waals surface area (Å²) in [4.78, 5) is 12.6. The van der Waals surface area contributed by atoms with E-state index in [-0.39, 0.29) is 5.91 Å². The molecule has 0 aliphatic rings. The molecule has 1 amide bonds. The summed E-state index contributed by atoms with van der Waals surface area (Å²) in [5.74, 6) is 0.690. The fraction of sp³-hybridized carbons (Fsp3) is 0.231. The van der Waals surface area contributed by atoms with Gasteiger partial charge in [-0.15, -0.1) is 11.3 Å². The number of carbonyl (C=O) groups is 1. The highest BCUT2D eigenvalue weighted by atomic mass is 32.1. The Morgan fingerprint density at radius 1 is 1.61 bits per heavy atom. The normalized spacial score (nSPS) is 10.9. The summed E-state index contributed by atoms with van der Waals surface area (Å²) >= 11 is 1.60. The molecule has 0 fully saturated rings. The molecule has 0 aliphatic carbocycles. The zero-order valence-corrected chi connectivity index (χ0v) is 10.9. The van der Waals surface area contributed by atoms with E-state index < -0.39 is 0 Å². The molecule has 0 spiro atoms. The highest BCUT2D eigenvalue weighted by Crippen LogP contribution is 2.09. The first-order valence-corrected chi connectivity index (χ1v) is 6.53. The summed E-state index contributed by atoms with van der Waals surface area (Å²) in [6, 6.07) is 5.79. The zero-order chi connectivity index (χ0) is 12.8. The number of nitrogens with one attached hydrogen (secondary N) is 1. The first kappa shape index (κ1) is 12.6. The van der Waals surface area contributed by atoms with Crippen LogP contribution in [0.5, 0.6) is 0 Å². The van der Waals surface area contributed by atoms with E-state index >= 15 is 0 Å². The molecule has 0 saturated carbocycles. The van der Waals surface area contributed by atoms with Gasteiger partial charge in [-0.3, -0.25) is 4.79 Å². The number of carbonyl (C=O) groups excluding carboxylic acids is 1. The van der Waals surface area contributed by atoms with Crippen LogP contribution in [0.25, 0.3) is 6.08 Å². The SMILES string of the molecule is Cc1cc(CCNC(=O)/C=C/c2cccs2)on1. The standard InChI is InChI=1S/C13H14N2O2S/c1-10-9-11(17-15-10)6-7-14-13(16)5-4-12-3-2-8-18-12/h2-5,8-9H,6-7H2,1H3,(H,14,16)/b5-4+. The van der Waals surface area contributed by atoms with E-state index in [9.17, 15) is 4.79 Å². The van der Waals surface area contributed by atoms with Gasteiger partial charge in [0.25, 0.3) is 0 Å². The molecular weight excluding hydrogens is 248 g/mol. The third kappa shape index (κ3) is 3.85. The fourth-order valence-corrected chi connectivity index (χ4v) is 2.06. The molecule has 2 heterocycles. The molecule has 2 aromatic rings. The topological polar surface area (TPSA) is 55.1 Å². The minimum Gasteiger partial charge on any atom is -0.361 e. The quantitative estimate of drug-likeness (QED) is 0.842. The van der Waals surface area contributed by atoms with Crippen LogP contribution in [0.15, 0.2) is 34.2 Å². The van der Waals surface area contributed by atoms with Gasteiger partial charge in [0.05, 0.1) is 5.69 Å². The van der Waals surface area contributed by atoms with Crippen molar-refractivity contribution in [3.63, 3.8) is 0 Å². The van der Waals surface area contributed by atoms with Crippen molar-refractivity contribution < 1.29 is 9.32 Å². The maximum atomic E-state index is 11.5. The number of rotatable bonds is 5. The van der Waals surface area contributed by atoms with Gasteiger partial charge in [-0.2, -0.15) is 0 Å². The van der Waals surface area contributed by atoms with Crippen LogP contribution in [-0.2, 0) is 11.2 Å². The van der Waals surface area contributed by atoms with E-state index in [0.717, 1.165) is 16.3 Å². The second-order valence-corrected chi connectivity index (χ2v) is 4.80. The van der Waals surface area contributed by atoms with Gasteiger partial charge in [0, 0.05) is 30.0 Å². The smallest absolute Gasteiger partial charge is 0.244 e. The van der Waals surface area contributed by atoms with Crippen LogP contribution in [0.3, 0.4) is 0 Å². The van der Waals surface area contributed by atoms with Crippen molar-refractivity contribution in [2.45, 2.75) is 13.3 Å². The van der Waals surface area contributed by atoms with Crippen LogP contribution in [0.1, 0.15) is 16.3 Å². The van der Waals surface area contributed by atoms with Crippen LogP contribution in [0, 0.1) is 6.92 Å². The van der Waals surface area contributed by atoms with E-state index in [1.807, 2.05) is 30.5 Å². The maximum Gasteiger partial charge on any atom is 0.244 e. The van der Waals surface area contributed by atoms with E-state index in [0.29, 0.717) is 13.0 Å². The molecule has 2 rings (SSSR count). The Labute approximate surface area is 109 Å². The number of amides is 1. The van der Waals surface area contributed by atoms with Crippen LogP contribution < -0.4 is 5.32 Å². The van der Waals surface area contributed by atoms with Gasteiger partial charge in [0.1, 0.15) is 5.76 Å². The predicted molar refractivity (Wildman–Crippen MR) is 71.3 cm³/mol. The highest BCUT2D eigenvalue weighted by Gasteiger charge is 2.01. The Morgan fingerprint density at radius 2 is 2.50 bits per heavy atom. The Kier molecular flexibility index (Phi) is 4.30. The Bertz CT molecular complexity index is 529. The molecule has 0 aliphatic heterocycles. The molecule has 2 aromatic heterocycles. The number of thiophene rings is 1. The maximum absolute atomic E-state index is 11.5. The summed E-state index contributed by atoms with van der Waals surface area (Å²) < 4.78 is 5.05. The second-order valence-electron chi connectivity index (χ2n) is 3.82. The molecule has 0 radical (unpaired) electrons. The number of aromatic nitrogens is 1. The molecule has 4 nitrogen and oxygen atoms in total. The van der Waals surface area contributed by atoms with Crippen LogP contribution in [-0.4, -0.2) is 17.6 Å². The summed E-state index contributed by atoms with van der Waals surface area (Å²) in [5, 5.41) is 8.55. The number of hydrogen-bond acceptors (Lipinski definition) is 4. The molecule has 5 heteroatoms. The van der Waals surface area contributed by atoms with Crippen molar-refractivity contribution in [2.24, 2.45) is 0 Å². The number of nitrogens with zero attached hydrogens (tertiary/aromatic N) is 1. The van der Waals surface area contributed by atoms with Gasteiger partial charge < -0.3 is 9.84 Å². The molecule has 18 heavy (non-hydrogen) atoms. The lowest BCUT2D eigenvalue weighted by Gasteiger charge is -1.98. The third-order valence-corrected chi connectivity index (χ3v) is 3.13. The largest absolute Gasteiger partial charge is 0.361 e. The molecule has 94 valence electrons. The predicted octanol–water partition coefficient (Wildman–Crippen LogP) is 2.42. The zero-order valence-electron chi connectivity index (χ0n) is 10.1. The third-order valence-electron chi connectivity index (χ3n) is 2.29. The van der Waals surface area contributed by atoms with Crippen molar-refractivity contribution in [3.05, 3.63) is 46.0 Å². The lowest BCUT2D eigenvalue weighted by Crippen LogP contribution is -2.23. The van der Waals surface area contributed by atoms with Gasteiger partial charge in [-0.05, 0) is 24.4 Å². The Morgan fingerprint density at radius 3 is 3.17 bits per heavy atom. The first-order chi connectivity index (χ1) is 8.74. The van der Waals surface area contributed by atoms with E-state index in [1.54, 1.807) is 17.4 Å². The summed E-state index contributed by atoms with van der Waals surface area (Å²) in [6.45, 7) is 2.41. The Hall–Kier alpha value is -1.88. The van der Waals surface area contributed by atoms with Gasteiger partial charge in [-0.25, -0.2) is 0 Å². The lowest BCUT2D eigenvalue weighted by atomic mass is 10.3. The summed E-state index contributed by atoms with van der Waals surface area (Å²) in [7, 11) is 0. The van der Waals surface area contributed by atoms with Crippen molar-refractivity contribution in [1.82, 2.24) is 10.5 Å². The van der Waals surface area contributed by atoms with Gasteiger partial charge >= 0.3 is 0 Å². The first-order valence-electron chi connectivity index (χ1n) is 5.65. The van der Waals surface area contributed by atoms with Crippen LogP contribution in [0.4, 0.5) is 0 Å². The van der Waals surface area contributed by atoms with Crippen LogP contribution >= 0.6 is 11.3 Å². The average Bonchev–Trinajstić information content (AvgIpc) is 2.98. The number of aryl methyl sites for hydroxylation is 1. The molecule has 0 saturated heterocycles. The molecule has 0 atom stereocenters. The molecule has 0 unspecified atom stereocenters. The van der Waals surface area contributed by atoms with Gasteiger partial charge in [0.15, 0.2) is 0 Å². The highest BCUT2D eigenvalue weighted by molar-refractivity contribution is 7.10. The molecule has 1 N–H and O–H groups in total. The van der Waals surface area contributed by atoms with Crippen molar-refractivity contribution in [3.8, 4) is 0 Å². The second kappa shape index (κ2) is 6.16. The average molecular weight is 262 g/mol. The fourth-order valence-electron chi connectivity index (χ4n) is 1.45. The summed E-state index contributed by atoms with van der Waals surface area (Å²) in [6.07, 6.45) is 4.00. The van der Waals surface area contributed by atoms with Gasteiger partial charge in [-0.1, -0.05) is 11.2 Å².